The van der Waals surface area contributed by atoms with Gasteiger partial charge in [-0.25, -0.2) is 26.4 Å². The standard InChI is InChI=1S/C34H40N2O8S2/c1-3-43-33(37)31(45(39,40)29-17-7-5-8-18-29)25-13-11-15-27(23-25)35-21-22-36-28-16-12-14-26(24-28)32(34(38)44-4-2)46(41,42)30-19-9-6-10-20-30/h5-10,17-20,23-24,35-36H,3-4,11-16,21-22H2,1-2H3/b31-25+,32-26+. The number of carbonyl (C=O) groups is 2. The molecule has 0 saturated carbocycles. The predicted octanol–water partition coefficient (Wildman–Crippen LogP) is 4.88. The number of rotatable bonds is 13. The molecule has 0 unspecified atom stereocenters. The summed E-state index contributed by atoms with van der Waals surface area (Å²) in [4.78, 5) is 25.2. The molecule has 0 aromatic heterocycles. The molecule has 46 heavy (non-hydrogen) atoms. The lowest BCUT2D eigenvalue weighted by molar-refractivity contribution is -0.138. The van der Waals surface area contributed by atoms with Crippen molar-refractivity contribution in [3.63, 3.8) is 0 Å². The molecule has 0 fully saturated rings. The Balaban J connectivity index is 1.52. The first-order chi connectivity index (χ1) is 22.1. The second-order valence-corrected chi connectivity index (χ2v) is 14.5. The molecular formula is C34H40N2O8S2. The van der Waals surface area contributed by atoms with Crippen molar-refractivity contribution in [2.75, 3.05) is 26.3 Å². The first kappa shape index (κ1) is 34.7. The Morgan fingerprint density at radius 2 is 0.978 bits per heavy atom. The highest BCUT2D eigenvalue weighted by atomic mass is 32.2. The third-order valence-corrected chi connectivity index (χ3v) is 11.2. The lowest BCUT2D eigenvalue weighted by Crippen LogP contribution is -2.28. The SMILES string of the molecule is CCOC(=O)/C(=C1\C=C(NCCNC2=C/C(=C(\C(=O)OCC)S(=O)(=O)c3ccccc3)CCC2)CCC1)S(=O)(=O)c1ccccc1. The minimum atomic E-state index is -4.10. The average molecular weight is 669 g/mol. The highest BCUT2D eigenvalue weighted by Crippen LogP contribution is 2.32. The van der Waals surface area contributed by atoms with Crippen LogP contribution in [0, 0.1) is 0 Å². The molecule has 12 heteroatoms. The van der Waals surface area contributed by atoms with Crippen LogP contribution in [0.1, 0.15) is 52.4 Å². The summed E-state index contributed by atoms with van der Waals surface area (Å²) >= 11 is 0. The minimum absolute atomic E-state index is 0.0279. The van der Waals surface area contributed by atoms with Crippen molar-refractivity contribution < 1.29 is 35.9 Å². The van der Waals surface area contributed by atoms with Gasteiger partial charge in [-0.3, -0.25) is 0 Å². The maximum Gasteiger partial charge on any atom is 0.350 e. The molecule has 0 bridgehead atoms. The van der Waals surface area contributed by atoms with Gasteiger partial charge in [-0.1, -0.05) is 36.4 Å². The van der Waals surface area contributed by atoms with Gasteiger partial charge in [0.2, 0.25) is 19.7 Å². The summed E-state index contributed by atoms with van der Waals surface area (Å²) in [6.07, 6.45) is 6.94. The van der Waals surface area contributed by atoms with E-state index >= 15 is 0 Å². The molecular weight excluding hydrogens is 629 g/mol. The molecule has 0 amide bonds. The fraction of sp³-hybridized carbons (Fsp3) is 0.353. The monoisotopic (exact) mass is 668 g/mol. The molecule has 0 radical (unpaired) electrons. The molecule has 2 aromatic rings. The van der Waals surface area contributed by atoms with E-state index in [1.54, 1.807) is 62.4 Å². The van der Waals surface area contributed by atoms with E-state index in [2.05, 4.69) is 10.6 Å². The van der Waals surface area contributed by atoms with Crippen LogP contribution >= 0.6 is 0 Å². The van der Waals surface area contributed by atoms with Crippen molar-refractivity contribution in [3.05, 3.63) is 105 Å². The fourth-order valence-corrected chi connectivity index (χ4v) is 8.46. The minimum Gasteiger partial charge on any atom is -0.462 e. The molecule has 0 heterocycles. The lowest BCUT2D eigenvalue weighted by Gasteiger charge is -2.22. The van der Waals surface area contributed by atoms with Crippen molar-refractivity contribution in [1.29, 1.82) is 0 Å². The fourth-order valence-electron chi connectivity index (χ4n) is 5.39. The van der Waals surface area contributed by atoms with Crippen molar-refractivity contribution in [3.8, 4) is 0 Å². The van der Waals surface area contributed by atoms with E-state index in [0.29, 0.717) is 62.8 Å². The van der Waals surface area contributed by atoms with Crippen molar-refractivity contribution in [2.24, 2.45) is 0 Å². The maximum atomic E-state index is 13.5. The summed E-state index contributed by atoms with van der Waals surface area (Å²) in [5.74, 6) is -1.74. The highest BCUT2D eigenvalue weighted by molar-refractivity contribution is 7.96. The number of allylic oxidation sites excluding steroid dienone is 6. The van der Waals surface area contributed by atoms with Crippen LogP contribution in [0.25, 0.3) is 0 Å². The molecule has 4 rings (SSSR count). The molecule has 0 saturated heterocycles. The number of hydrogen-bond acceptors (Lipinski definition) is 10. The van der Waals surface area contributed by atoms with Gasteiger partial charge in [0.05, 0.1) is 23.0 Å². The average Bonchev–Trinajstić information content (AvgIpc) is 3.04. The second-order valence-electron chi connectivity index (χ2n) is 10.7. The van der Waals surface area contributed by atoms with Gasteiger partial charge in [0.25, 0.3) is 0 Å². The summed E-state index contributed by atoms with van der Waals surface area (Å²) in [5.41, 5.74) is 2.40. The van der Waals surface area contributed by atoms with Gasteiger partial charge in [-0.15, -0.1) is 0 Å². The Hall–Kier alpha value is -4.16. The predicted molar refractivity (Wildman–Crippen MR) is 174 cm³/mol. The number of nitrogens with one attached hydrogen (secondary N) is 2. The molecule has 2 aliphatic rings. The van der Waals surface area contributed by atoms with Crippen molar-refractivity contribution >= 4 is 31.6 Å². The lowest BCUT2D eigenvalue weighted by atomic mass is 9.98. The Morgan fingerprint density at radius 3 is 1.33 bits per heavy atom. The molecule has 2 N–H and O–H groups in total. The topological polar surface area (TPSA) is 145 Å². The van der Waals surface area contributed by atoms with Crippen LogP contribution in [0.4, 0.5) is 0 Å². The van der Waals surface area contributed by atoms with Gasteiger partial charge < -0.3 is 20.1 Å². The van der Waals surface area contributed by atoms with E-state index in [1.807, 2.05) is 0 Å². The number of sulfone groups is 2. The zero-order valence-corrected chi connectivity index (χ0v) is 27.7. The van der Waals surface area contributed by atoms with Gasteiger partial charge >= 0.3 is 11.9 Å². The van der Waals surface area contributed by atoms with E-state index in [1.165, 1.54) is 24.3 Å². The number of esters is 2. The van der Waals surface area contributed by atoms with Crippen molar-refractivity contribution in [1.82, 2.24) is 10.6 Å². The maximum absolute atomic E-state index is 13.5. The van der Waals surface area contributed by atoms with E-state index in [9.17, 15) is 26.4 Å². The summed E-state index contributed by atoms with van der Waals surface area (Å²) < 4.78 is 64.3. The van der Waals surface area contributed by atoms with Gasteiger partial charge in [0.15, 0.2) is 9.81 Å². The normalized spacial score (nSPS) is 17.6. The summed E-state index contributed by atoms with van der Waals surface area (Å²) in [6.45, 7) is 4.31. The summed E-state index contributed by atoms with van der Waals surface area (Å²) in [5, 5.41) is 6.66. The summed E-state index contributed by atoms with van der Waals surface area (Å²) in [7, 11) is -8.21. The summed E-state index contributed by atoms with van der Waals surface area (Å²) in [6, 6.07) is 15.7. The van der Waals surface area contributed by atoms with E-state index in [-0.39, 0.29) is 32.8 Å². The molecule has 0 aliphatic heterocycles. The highest BCUT2D eigenvalue weighted by Gasteiger charge is 2.33. The Kier molecular flexibility index (Phi) is 12.0. The second kappa shape index (κ2) is 15.9. The molecule has 10 nitrogen and oxygen atoms in total. The van der Waals surface area contributed by atoms with E-state index in [4.69, 9.17) is 9.47 Å². The molecule has 2 aliphatic carbocycles. The van der Waals surface area contributed by atoms with E-state index in [0.717, 1.165) is 11.4 Å². The zero-order chi connectivity index (χ0) is 33.2. The largest absolute Gasteiger partial charge is 0.462 e. The van der Waals surface area contributed by atoms with Crippen LogP contribution in [-0.4, -0.2) is 55.1 Å². The first-order valence-corrected chi connectivity index (χ1v) is 18.4. The van der Waals surface area contributed by atoms with Crippen LogP contribution < -0.4 is 10.6 Å². The van der Waals surface area contributed by atoms with Crippen LogP contribution in [0.5, 0.6) is 0 Å². The molecule has 0 spiro atoms. The van der Waals surface area contributed by atoms with Crippen LogP contribution in [0.2, 0.25) is 0 Å². The number of ether oxygens (including phenoxy) is 2. The van der Waals surface area contributed by atoms with Gasteiger partial charge in [-0.2, -0.15) is 0 Å². The quantitative estimate of drug-likeness (QED) is 0.172. The van der Waals surface area contributed by atoms with Gasteiger partial charge in [0.1, 0.15) is 0 Å². The zero-order valence-electron chi connectivity index (χ0n) is 26.1. The molecule has 2 aromatic carbocycles. The third kappa shape index (κ3) is 8.35. The number of benzene rings is 2. The Bertz CT molecular complexity index is 1630. The Labute approximate surface area is 271 Å². The van der Waals surface area contributed by atoms with Crippen molar-refractivity contribution in [2.45, 2.75) is 62.2 Å². The van der Waals surface area contributed by atoms with Crippen LogP contribution in [0.3, 0.4) is 0 Å². The molecule has 246 valence electrons. The molecule has 0 atom stereocenters. The smallest absolute Gasteiger partial charge is 0.350 e. The van der Waals surface area contributed by atoms with Gasteiger partial charge in [-0.05, 0) is 99.9 Å². The Morgan fingerprint density at radius 1 is 0.609 bits per heavy atom. The number of hydrogen-bond donors (Lipinski definition) is 2. The van der Waals surface area contributed by atoms with Crippen LogP contribution in [0.15, 0.2) is 115 Å². The number of carbonyl (C=O) groups excluding carboxylic acids is 2. The third-order valence-electron chi connectivity index (χ3n) is 7.46. The first-order valence-electron chi connectivity index (χ1n) is 15.4. The van der Waals surface area contributed by atoms with Gasteiger partial charge in [0, 0.05) is 24.5 Å². The van der Waals surface area contributed by atoms with E-state index < -0.39 is 31.6 Å². The van der Waals surface area contributed by atoms with Crippen LogP contribution in [-0.2, 0) is 38.7 Å².